The molecule has 98 valence electrons. The second-order valence-electron chi connectivity index (χ2n) is 4.73. The number of thiophene rings is 1. The van der Waals surface area contributed by atoms with Gasteiger partial charge in [-0.1, -0.05) is 12.5 Å². The summed E-state index contributed by atoms with van der Waals surface area (Å²) in [4.78, 5) is 12.7. The molecule has 1 aromatic rings. The maximum absolute atomic E-state index is 11.6. The Kier molecular flexibility index (Phi) is 4.96. The van der Waals surface area contributed by atoms with E-state index in [4.69, 9.17) is 0 Å². The molecule has 0 bridgehead atoms. The molecule has 1 aromatic heterocycles. The molecule has 4 heteroatoms. The SMILES string of the molecule is O=C(C=Cc1cccs1)NCC1CCCC1CO. The van der Waals surface area contributed by atoms with E-state index in [0.717, 1.165) is 24.1 Å². The van der Waals surface area contributed by atoms with E-state index in [1.807, 2.05) is 23.6 Å². The van der Waals surface area contributed by atoms with Crippen LogP contribution in [0.1, 0.15) is 24.1 Å². The maximum Gasteiger partial charge on any atom is 0.244 e. The summed E-state index contributed by atoms with van der Waals surface area (Å²) in [6.45, 7) is 0.921. The van der Waals surface area contributed by atoms with E-state index in [2.05, 4.69) is 5.32 Å². The molecule has 0 aliphatic heterocycles. The summed E-state index contributed by atoms with van der Waals surface area (Å²) in [5.74, 6) is 0.757. The molecular weight excluding hydrogens is 246 g/mol. The Bertz CT molecular complexity index is 400. The Labute approximate surface area is 112 Å². The third kappa shape index (κ3) is 3.68. The van der Waals surface area contributed by atoms with Gasteiger partial charge in [0.25, 0.3) is 0 Å². The summed E-state index contributed by atoms with van der Waals surface area (Å²) in [6.07, 6.45) is 6.77. The highest BCUT2D eigenvalue weighted by molar-refractivity contribution is 7.10. The predicted octanol–water partition coefficient (Wildman–Crippen LogP) is 2.29. The lowest BCUT2D eigenvalue weighted by Gasteiger charge is -2.17. The summed E-state index contributed by atoms with van der Waals surface area (Å²) in [7, 11) is 0. The van der Waals surface area contributed by atoms with Crippen LogP contribution in [0.5, 0.6) is 0 Å². The molecule has 2 unspecified atom stereocenters. The van der Waals surface area contributed by atoms with Crippen molar-refractivity contribution in [3.63, 3.8) is 0 Å². The first-order valence-corrected chi connectivity index (χ1v) is 7.28. The first-order valence-electron chi connectivity index (χ1n) is 6.40. The van der Waals surface area contributed by atoms with Crippen LogP contribution in [0.2, 0.25) is 0 Å². The predicted molar refractivity (Wildman–Crippen MR) is 74.3 cm³/mol. The fourth-order valence-corrected chi connectivity index (χ4v) is 3.08. The summed E-state index contributed by atoms with van der Waals surface area (Å²) in [5.41, 5.74) is 0. The van der Waals surface area contributed by atoms with Crippen molar-refractivity contribution in [3.8, 4) is 0 Å². The third-order valence-electron chi connectivity index (χ3n) is 3.53. The average Bonchev–Trinajstić information content (AvgIpc) is 3.04. The quantitative estimate of drug-likeness (QED) is 0.803. The largest absolute Gasteiger partial charge is 0.396 e. The Balaban J connectivity index is 1.75. The summed E-state index contributed by atoms with van der Waals surface area (Å²) >= 11 is 1.61. The first kappa shape index (κ1) is 13.3. The van der Waals surface area contributed by atoms with Gasteiger partial charge >= 0.3 is 0 Å². The number of hydrogen-bond acceptors (Lipinski definition) is 3. The van der Waals surface area contributed by atoms with E-state index >= 15 is 0 Å². The Morgan fingerprint density at radius 2 is 2.33 bits per heavy atom. The van der Waals surface area contributed by atoms with Crippen LogP contribution in [0.4, 0.5) is 0 Å². The molecule has 0 radical (unpaired) electrons. The van der Waals surface area contributed by atoms with Gasteiger partial charge in [-0.15, -0.1) is 11.3 Å². The number of carbonyl (C=O) groups excluding carboxylic acids is 1. The standard InChI is InChI=1S/C14H19NO2S/c16-10-12-4-1-3-11(12)9-15-14(17)7-6-13-5-2-8-18-13/h2,5-8,11-12,16H,1,3-4,9-10H2,(H,15,17). The van der Waals surface area contributed by atoms with E-state index in [1.165, 1.54) is 0 Å². The Morgan fingerprint density at radius 3 is 3.06 bits per heavy atom. The zero-order valence-electron chi connectivity index (χ0n) is 10.3. The van der Waals surface area contributed by atoms with Crippen LogP contribution >= 0.6 is 11.3 Å². The van der Waals surface area contributed by atoms with Gasteiger partial charge in [-0.05, 0) is 42.2 Å². The molecule has 1 aliphatic carbocycles. The second-order valence-corrected chi connectivity index (χ2v) is 5.71. The Morgan fingerprint density at radius 1 is 1.50 bits per heavy atom. The molecule has 1 heterocycles. The topological polar surface area (TPSA) is 49.3 Å². The molecular formula is C14H19NO2S. The number of nitrogens with one attached hydrogen (secondary N) is 1. The molecule has 3 nitrogen and oxygen atoms in total. The smallest absolute Gasteiger partial charge is 0.244 e. The van der Waals surface area contributed by atoms with Crippen molar-refractivity contribution in [2.45, 2.75) is 19.3 Å². The number of carbonyl (C=O) groups is 1. The van der Waals surface area contributed by atoms with Crippen LogP contribution in [0.3, 0.4) is 0 Å². The minimum absolute atomic E-state index is 0.0491. The van der Waals surface area contributed by atoms with Gasteiger partial charge in [0, 0.05) is 24.1 Å². The minimum Gasteiger partial charge on any atom is -0.396 e. The van der Waals surface area contributed by atoms with Gasteiger partial charge in [-0.25, -0.2) is 0 Å². The molecule has 1 aliphatic rings. The van der Waals surface area contributed by atoms with Gasteiger partial charge < -0.3 is 10.4 Å². The van der Waals surface area contributed by atoms with Crippen LogP contribution < -0.4 is 5.32 Å². The first-order chi connectivity index (χ1) is 8.79. The van der Waals surface area contributed by atoms with E-state index < -0.39 is 0 Å². The average molecular weight is 265 g/mol. The van der Waals surface area contributed by atoms with Crippen molar-refractivity contribution in [1.29, 1.82) is 0 Å². The molecule has 2 atom stereocenters. The maximum atomic E-state index is 11.6. The Hall–Kier alpha value is -1.13. The monoisotopic (exact) mass is 265 g/mol. The molecule has 2 N–H and O–H groups in total. The van der Waals surface area contributed by atoms with Crippen molar-refractivity contribution >= 4 is 23.3 Å². The molecule has 0 saturated heterocycles. The number of hydrogen-bond donors (Lipinski definition) is 2. The zero-order chi connectivity index (χ0) is 12.8. The van der Waals surface area contributed by atoms with Crippen LogP contribution in [0, 0.1) is 11.8 Å². The zero-order valence-corrected chi connectivity index (χ0v) is 11.2. The van der Waals surface area contributed by atoms with Crippen LogP contribution in [0.25, 0.3) is 6.08 Å². The van der Waals surface area contributed by atoms with Crippen molar-refractivity contribution in [2.24, 2.45) is 11.8 Å². The lowest BCUT2D eigenvalue weighted by Crippen LogP contribution is -2.30. The molecule has 2 rings (SSSR count). The normalized spacial score (nSPS) is 23.6. The van der Waals surface area contributed by atoms with Gasteiger partial charge in [0.15, 0.2) is 0 Å². The van der Waals surface area contributed by atoms with Crippen LogP contribution in [0.15, 0.2) is 23.6 Å². The molecule has 0 spiro atoms. The number of aliphatic hydroxyl groups is 1. The van der Waals surface area contributed by atoms with E-state index in [9.17, 15) is 9.90 Å². The fraction of sp³-hybridized carbons (Fsp3) is 0.500. The molecule has 18 heavy (non-hydrogen) atoms. The highest BCUT2D eigenvalue weighted by atomic mass is 32.1. The van der Waals surface area contributed by atoms with Crippen molar-refractivity contribution < 1.29 is 9.90 Å². The molecule has 1 saturated carbocycles. The summed E-state index contributed by atoms with van der Waals surface area (Å²) in [5, 5.41) is 14.1. The van der Waals surface area contributed by atoms with Gasteiger partial charge in [0.05, 0.1) is 0 Å². The van der Waals surface area contributed by atoms with E-state index in [0.29, 0.717) is 18.4 Å². The minimum atomic E-state index is -0.0491. The molecule has 1 fully saturated rings. The van der Waals surface area contributed by atoms with Crippen molar-refractivity contribution in [1.82, 2.24) is 5.32 Å². The summed E-state index contributed by atoms with van der Waals surface area (Å²) < 4.78 is 0. The lowest BCUT2D eigenvalue weighted by molar-refractivity contribution is -0.116. The lowest BCUT2D eigenvalue weighted by atomic mass is 9.97. The van der Waals surface area contributed by atoms with E-state index in [1.54, 1.807) is 17.4 Å². The number of amides is 1. The summed E-state index contributed by atoms with van der Waals surface area (Å²) in [6, 6.07) is 3.94. The number of aliphatic hydroxyl groups excluding tert-OH is 1. The van der Waals surface area contributed by atoms with Crippen molar-refractivity contribution in [2.75, 3.05) is 13.2 Å². The van der Waals surface area contributed by atoms with Gasteiger partial charge in [-0.2, -0.15) is 0 Å². The van der Waals surface area contributed by atoms with E-state index in [-0.39, 0.29) is 12.5 Å². The van der Waals surface area contributed by atoms with Gasteiger partial charge in [-0.3, -0.25) is 4.79 Å². The van der Waals surface area contributed by atoms with Crippen LogP contribution in [-0.4, -0.2) is 24.2 Å². The number of rotatable bonds is 5. The fourth-order valence-electron chi connectivity index (χ4n) is 2.46. The highest BCUT2D eigenvalue weighted by Crippen LogP contribution is 2.30. The van der Waals surface area contributed by atoms with Crippen molar-refractivity contribution in [3.05, 3.63) is 28.5 Å². The highest BCUT2D eigenvalue weighted by Gasteiger charge is 2.26. The third-order valence-corrected chi connectivity index (χ3v) is 4.37. The molecule has 0 aromatic carbocycles. The van der Waals surface area contributed by atoms with Gasteiger partial charge in [0.2, 0.25) is 5.91 Å². The second kappa shape index (κ2) is 6.71. The molecule has 1 amide bonds. The van der Waals surface area contributed by atoms with Gasteiger partial charge in [0.1, 0.15) is 0 Å². The van der Waals surface area contributed by atoms with Crippen LogP contribution in [-0.2, 0) is 4.79 Å².